The molecule has 5 heteroatoms. The zero-order valence-corrected chi connectivity index (χ0v) is 10.3. The monoisotopic (exact) mass is 257 g/mol. The molecule has 1 heterocycles. The van der Waals surface area contributed by atoms with E-state index >= 15 is 0 Å². The third kappa shape index (κ3) is 3.09. The van der Waals surface area contributed by atoms with Crippen LogP contribution >= 0.6 is 11.3 Å². The summed E-state index contributed by atoms with van der Waals surface area (Å²) in [5, 5.41) is 5.00. The summed E-state index contributed by atoms with van der Waals surface area (Å²) in [6.07, 6.45) is 5.49. The normalized spacial score (nSPS) is 9.72. The van der Waals surface area contributed by atoms with Gasteiger partial charge in [-0.15, -0.1) is 17.8 Å². The molecular weight excluding hydrogens is 246 g/mol. The average Bonchev–Trinajstić information content (AvgIpc) is 2.74. The predicted octanol–water partition coefficient (Wildman–Crippen LogP) is 1.89. The minimum atomic E-state index is -0.144. The third-order valence-electron chi connectivity index (χ3n) is 2.22. The van der Waals surface area contributed by atoms with Crippen LogP contribution in [0.5, 0.6) is 0 Å². The van der Waals surface area contributed by atoms with Gasteiger partial charge >= 0.3 is 0 Å². The van der Waals surface area contributed by atoms with Crippen LogP contribution in [0, 0.1) is 12.3 Å². The zero-order chi connectivity index (χ0) is 13.0. The molecule has 90 valence electrons. The average molecular weight is 257 g/mol. The fourth-order valence-corrected chi connectivity index (χ4v) is 2.02. The van der Waals surface area contributed by atoms with Crippen molar-refractivity contribution >= 4 is 28.1 Å². The van der Waals surface area contributed by atoms with E-state index in [0.29, 0.717) is 16.5 Å². The number of rotatable bonds is 3. The van der Waals surface area contributed by atoms with Crippen LogP contribution in [0.15, 0.2) is 29.6 Å². The Labute approximate surface area is 109 Å². The van der Waals surface area contributed by atoms with Crippen LogP contribution in [0.1, 0.15) is 11.3 Å². The van der Waals surface area contributed by atoms with E-state index in [-0.39, 0.29) is 12.3 Å². The van der Waals surface area contributed by atoms with E-state index in [0.717, 1.165) is 5.56 Å². The summed E-state index contributed by atoms with van der Waals surface area (Å²) in [7, 11) is 0. The first-order chi connectivity index (χ1) is 8.67. The molecule has 0 radical (unpaired) electrons. The summed E-state index contributed by atoms with van der Waals surface area (Å²) in [6, 6.07) is 7.13. The summed E-state index contributed by atoms with van der Waals surface area (Å²) in [4.78, 5) is 15.8. The Bertz CT molecular complexity index is 613. The Morgan fingerprint density at radius 2 is 2.39 bits per heavy atom. The molecule has 0 aliphatic carbocycles. The molecule has 0 unspecified atom stereocenters. The number of nitrogens with zero attached hydrogens (tertiary/aromatic N) is 1. The first kappa shape index (κ1) is 12.1. The molecule has 0 saturated carbocycles. The second-order valence-corrected chi connectivity index (χ2v) is 4.52. The number of terminal acetylenes is 1. The molecule has 1 aromatic heterocycles. The van der Waals surface area contributed by atoms with Gasteiger partial charge in [-0.25, -0.2) is 4.98 Å². The summed E-state index contributed by atoms with van der Waals surface area (Å²) in [5.41, 5.74) is 7.57. The van der Waals surface area contributed by atoms with E-state index in [1.165, 1.54) is 11.3 Å². The van der Waals surface area contributed by atoms with E-state index in [9.17, 15) is 4.79 Å². The SMILES string of the molecule is C#Cc1cccc(NC(=O)Cc2csc(N)n2)c1. The van der Waals surface area contributed by atoms with Crippen LogP contribution in [0.4, 0.5) is 10.8 Å². The van der Waals surface area contributed by atoms with Gasteiger partial charge in [-0.05, 0) is 18.2 Å². The van der Waals surface area contributed by atoms with Crippen molar-refractivity contribution in [2.24, 2.45) is 0 Å². The number of anilines is 2. The Morgan fingerprint density at radius 1 is 1.56 bits per heavy atom. The fourth-order valence-electron chi connectivity index (χ4n) is 1.46. The lowest BCUT2D eigenvalue weighted by atomic mass is 10.2. The number of thiazole rings is 1. The van der Waals surface area contributed by atoms with Gasteiger partial charge in [-0.3, -0.25) is 4.79 Å². The van der Waals surface area contributed by atoms with Crippen molar-refractivity contribution in [1.29, 1.82) is 0 Å². The maximum absolute atomic E-state index is 11.8. The first-order valence-electron chi connectivity index (χ1n) is 5.24. The van der Waals surface area contributed by atoms with Crippen LogP contribution < -0.4 is 11.1 Å². The van der Waals surface area contributed by atoms with E-state index in [1.807, 2.05) is 0 Å². The van der Waals surface area contributed by atoms with Crippen LogP contribution in [-0.2, 0) is 11.2 Å². The maximum atomic E-state index is 11.8. The molecule has 0 fully saturated rings. The molecule has 0 bridgehead atoms. The molecule has 2 rings (SSSR count). The highest BCUT2D eigenvalue weighted by Gasteiger charge is 2.07. The van der Waals surface area contributed by atoms with Gasteiger partial charge in [0.2, 0.25) is 5.91 Å². The number of benzene rings is 1. The van der Waals surface area contributed by atoms with E-state index in [2.05, 4.69) is 16.2 Å². The molecule has 1 amide bonds. The van der Waals surface area contributed by atoms with Gasteiger partial charge in [0.1, 0.15) is 0 Å². The van der Waals surface area contributed by atoms with Gasteiger partial charge in [0.15, 0.2) is 5.13 Å². The van der Waals surface area contributed by atoms with Crippen LogP contribution in [0.2, 0.25) is 0 Å². The number of carbonyl (C=O) groups excluding carboxylic acids is 1. The summed E-state index contributed by atoms with van der Waals surface area (Å²) < 4.78 is 0. The second-order valence-electron chi connectivity index (χ2n) is 3.63. The highest BCUT2D eigenvalue weighted by molar-refractivity contribution is 7.13. The van der Waals surface area contributed by atoms with Crippen molar-refractivity contribution in [2.45, 2.75) is 6.42 Å². The largest absolute Gasteiger partial charge is 0.375 e. The van der Waals surface area contributed by atoms with Crippen molar-refractivity contribution in [2.75, 3.05) is 11.1 Å². The summed E-state index contributed by atoms with van der Waals surface area (Å²) in [5.74, 6) is 2.37. The number of aromatic nitrogens is 1. The Hall–Kier alpha value is -2.32. The number of nitrogens with one attached hydrogen (secondary N) is 1. The third-order valence-corrected chi connectivity index (χ3v) is 2.95. The molecule has 18 heavy (non-hydrogen) atoms. The van der Waals surface area contributed by atoms with E-state index in [4.69, 9.17) is 12.2 Å². The number of amides is 1. The van der Waals surface area contributed by atoms with Gasteiger partial charge in [-0.1, -0.05) is 12.0 Å². The lowest BCUT2D eigenvalue weighted by Gasteiger charge is -2.04. The molecule has 0 spiro atoms. The Morgan fingerprint density at radius 3 is 3.06 bits per heavy atom. The van der Waals surface area contributed by atoms with Crippen molar-refractivity contribution < 1.29 is 4.79 Å². The van der Waals surface area contributed by atoms with Crippen molar-refractivity contribution in [1.82, 2.24) is 4.98 Å². The molecule has 0 aliphatic rings. The van der Waals surface area contributed by atoms with Gasteiger partial charge in [-0.2, -0.15) is 0 Å². The molecule has 0 aliphatic heterocycles. The molecule has 0 atom stereocenters. The minimum Gasteiger partial charge on any atom is -0.375 e. The number of hydrogen-bond donors (Lipinski definition) is 2. The summed E-state index contributed by atoms with van der Waals surface area (Å²) in [6.45, 7) is 0. The van der Waals surface area contributed by atoms with Crippen molar-refractivity contribution in [3.8, 4) is 12.3 Å². The molecule has 3 N–H and O–H groups in total. The molecular formula is C13H11N3OS. The number of hydrogen-bond acceptors (Lipinski definition) is 4. The van der Waals surface area contributed by atoms with Gasteiger partial charge in [0.25, 0.3) is 0 Å². The molecule has 0 saturated heterocycles. The van der Waals surface area contributed by atoms with Crippen molar-refractivity contribution in [3.05, 3.63) is 40.9 Å². The quantitative estimate of drug-likeness (QED) is 0.825. The van der Waals surface area contributed by atoms with Gasteiger partial charge in [0.05, 0.1) is 12.1 Å². The minimum absolute atomic E-state index is 0.144. The summed E-state index contributed by atoms with van der Waals surface area (Å²) >= 11 is 1.32. The van der Waals surface area contributed by atoms with Crippen LogP contribution in [-0.4, -0.2) is 10.9 Å². The standard InChI is InChI=1S/C13H11N3OS/c1-2-9-4-3-5-10(6-9)15-12(17)7-11-8-18-13(14)16-11/h1,3-6,8H,7H2,(H2,14,16)(H,15,17). The fraction of sp³-hybridized carbons (Fsp3) is 0.0769. The Balaban J connectivity index is 2.01. The first-order valence-corrected chi connectivity index (χ1v) is 6.12. The lowest BCUT2D eigenvalue weighted by Crippen LogP contribution is -2.14. The van der Waals surface area contributed by atoms with Crippen LogP contribution in [0.25, 0.3) is 0 Å². The van der Waals surface area contributed by atoms with Gasteiger partial charge in [0, 0.05) is 16.6 Å². The molecule has 2 aromatic rings. The molecule has 1 aromatic carbocycles. The zero-order valence-electron chi connectivity index (χ0n) is 9.51. The topological polar surface area (TPSA) is 68.0 Å². The van der Waals surface area contributed by atoms with Crippen LogP contribution in [0.3, 0.4) is 0 Å². The van der Waals surface area contributed by atoms with E-state index < -0.39 is 0 Å². The predicted molar refractivity (Wildman–Crippen MR) is 73.2 cm³/mol. The highest BCUT2D eigenvalue weighted by atomic mass is 32.1. The number of nitrogen functional groups attached to an aromatic ring is 1. The molecule has 4 nitrogen and oxygen atoms in total. The Kier molecular flexibility index (Phi) is 3.60. The van der Waals surface area contributed by atoms with Gasteiger partial charge < -0.3 is 11.1 Å². The van der Waals surface area contributed by atoms with E-state index in [1.54, 1.807) is 29.6 Å². The number of nitrogens with two attached hydrogens (primary N) is 1. The smallest absolute Gasteiger partial charge is 0.230 e. The number of carbonyl (C=O) groups is 1. The highest BCUT2D eigenvalue weighted by Crippen LogP contribution is 2.13. The second kappa shape index (κ2) is 5.34. The van der Waals surface area contributed by atoms with Crippen molar-refractivity contribution in [3.63, 3.8) is 0 Å². The maximum Gasteiger partial charge on any atom is 0.230 e. The lowest BCUT2D eigenvalue weighted by molar-refractivity contribution is -0.115.